The molecule has 144 valence electrons. The summed E-state index contributed by atoms with van der Waals surface area (Å²) < 4.78 is 6.25. The highest BCUT2D eigenvalue weighted by Gasteiger charge is 2.25. The molecule has 1 amide bonds. The predicted octanol–water partition coefficient (Wildman–Crippen LogP) is 3.23. The average molecular weight is 491 g/mol. The standard InChI is InChI=1S/C19H18IN5O3/c20-19(27)28-12-18(26)24-7-5-14(6-8-24)25-11-13(9-22-25)17-10-21-15-3-1-2-4-16(15)23-17/h1-4,9-11,14H,5-8,12H2. The summed E-state index contributed by atoms with van der Waals surface area (Å²) in [6, 6.07) is 7.99. The van der Waals surface area contributed by atoms with Crippen LogP contribution in [-0.4, -0.2) is 54.2 Å². The Morgan fingerprint density at radius 1 is 1.14 bits per heavy atom. The second-order valence-corrected chi connectivity index (χ2v) is 7.47. The van der Waals surface area contributed by atoms with Crippen LogP contribution in [0.15, 0.2) is 42.9 Å². The monoisotopic (exact) mass is 491 g/mol. The Balaban J connectivity index is 1.41. The lowest BCUT2D eigenvalue weighted by Crippen LogP contribution is -2.41. The number of nitrogens with zero attached hydrogens (tertiary/aromatic N) is 5. The molecule has 1 aromatic carbocycles. The number of piperidine rings is 1. The van der Waals surface area contributed by atoms with Crippen molar-refractivity contribution in [3.63, 3.8) is 0 Å². The lowest BCUT2D eigenvalue weighted by Gasteiger charge is -2.31. The average Bonchev–Trinajstić information content (AvgIpc) is 3.22. The van der Waals surface area contributed by atoms with Crippen LogP contribution in [0, 0.1) is 0 Å². The van der Waals surface area contributed by atoms with Crippen LogP contribution in [0.4, 0.5) is 4.79 Å². The molecule has 0 spiro atoms. The maximum absolute atomic E-state index is 12.0. The fourth-order valence-electron chi connectivity index (χ4n) is 3.36. The number of halogens is 1. The van der Waals surface area contributed by atoms with Gasteiger partial charge < -0.3 is 9.64 Å². The highest BCUT2D eigenvalue weighted by molar-refractivity contribution is 14.1. The van der Waals surface area contributed by atoms with Crippen molar-refractivity contribution in [3.8, 4) is 11.3 Å². The fourth-order valence-corrected chi connectivity index (χ4v) is 3.51. The van der Waals surface area contributed by atoms with E-state index in [0.717, 1.165) is 35.1 Å². The van der Waals surface area contributed by atoms with E-state index in [4.69, 9.17) is 4.74 Å². The Bertz CT molecular complexity index is 1010. The number of rotatable bonds is 4. The van der Waals surface area contributed by atoms with Crippen molar-refractivity contribution >= 4 is 43.5 Å². The number of benzene rings is 1. The molecule has 4 rings (SSSR count). The molecule has 9 heteroatoms. The quantitative estimate of drug-likeness (QED) is 0.411. The zero-order valence-electron chi connectivity index (χ0n) is 15.0. The van der Waals surface area contributed by atoms with E-state index >= 15 is 0 Å². The molecule has 0 unspecified atom stereocenters. The van der Waals surface area contributed by atoms with Crippen molar-refractivity contribution in [2.45, 2.75) is 18.9 Å². The molecule has 0 bridgehead atoms. The third kappa shape index (κ3) is 4.13. The molecule has 1 aliphatic rings. The Morgan fingerprint density at radius 2 is 1.89 bits per heavy atom. The van der Waals surface area contributed by atoms with E-state index in [1.165, 1.54) is 22.6 Å². The van der Waals surface area contributed by atoms with Gasteiger partial charge in [-0.1, -0.05) is 12.1 Å². The number of ether oxygens (including phenoxy) is 1. The first-order valence-corrected chi connectivity index (χ1v) is 10.0. The van der Waals surface area contributed by atoms with Crippen molar-refractivity contribution in [2.24, 2.45) is 0 Å². The molecule has 1 saturated heterocycles. The van der Waals surface area contributed by atoms with Crippen LogP contribution in [0.5, 0.6) is 0 Å². The molecular weight excluding hydrogens is 473 g/mol. The van der Waals surface area contributed by atoms with Gasteiger partial charge in [0, 0.05) is 24.8 Å². The highest BCUT2D eigenvalue weighted by Crippen LogP contribution is 2.25. The van der Waals surface area contributed by atoms with Crippen LogP contribution in [0.1, 0.15) is 18.9 Å². The van der Waals surface area contributed by atoms with E-state index in [2.05, 4.69) is 15.1 Å². The van der Waals surface area contributed by atoms with Crippen LogP contribution in [0.3, 0.4) is 0 Å². The second-order valence-electron chi connectivity index (χ2n) is 6.59. The van der Waals surface area contributed by atoms with Crippen molar-refractivity contribution in [1.82, 2.24) is 24.6 Å². The van der Waals surface area contributed by atoms with Gasteiger partial charge in [0.2, 0.25) is 0 Å². The summed E-state index contributed by atoms with van der Waals surface area (Å²) in [5, 5.41) is 4.50. The minimum atomic E-state index is -0.471. The molecule has 0 aliphatic carbocycles. The lowest BCUT2D eigenvalue weighted by molar-refractivity contribution is -0.135. The number of para-hydroxylation sites is 2. The molecule has 0 N–H and O–H groups in total. The summed E-state index contributed by atoms with van der Waals surface area (Å²) >= 11 is 1.52. The van der Waals surface area contributed by atoms with E-state index in [9.17, 15) is 9.59 Å². The molecule has 1 fully saturated rings. The summed E-state index contributed by atoms with van der Waals surface area (Å²) in [6.07, 6.45) is 7.15. The minimum absolute atomic E-state index is 0.156. The molecule has 0 saturated carbocycles. The number of amides is 1. The van der Waals surface area contributed by atoms with E-state index in [1.54, 1.807) is 17.3 Å². The topological polar surface area (TPSA) is 90.2 Å². The number of fused-ring (bicyclic) bond motifs is 1. The van der Waals surface area contributed by atoms with Gasteiger partial charge in [0.25, 0.3) is 5.91 Å². The van der Waals surface area contributed by atoms with Crippen LogP contribution in [-0.2, 0) is 9.53 Å². The number of hydrogen-bond donors (Lipinski definition) is 0. The van der Waals surface area contributed by atoms with Gasteiger partial charge in [0.15, 0.2) is 6.61 Å². The maximum Gasteiger partial charge on any atom is 0.367 e. The van der Waals surface area contributed by atoms with Gasteiger partial charge in [-0.05, 0) is 25.0 Å². The number of hydrogen-bond acceptors (Lipinski definition) is 6. The van der Waals surface area contributed by atoms with Crippen molar-refractivity contribution in [2.75, 3.05) is 19.7 Å². The zero-order valence-corrected chi connectivity index (χ0v) is 17.2. The van der Waals surface area contributed by atoms with Crippen LogP contribution < -0.4 is 0 Å². The molecule has 28 heavy (non-hydrogen) atoms. The van der Waals surface area contributed by atoms with Gasteiger partial charge in [0.1, 0.15) is 0 Å². The molecule has 8 nitrogen and oxygen atoms in total. The summed E-state index contributed by atoms with van der Waals surface area (Å²) in [4.78, 5) is 33.7. The van der Waals surface area contributed by atoms with Crippen LogP contribution >= 0.6 is 22.6 Å². The third-order valence-electron chi connectivity index (χ3n) is 4.85. The summed E-state index contributed by atoms with van der Waals surface area (Å²) in [5.41, 5.74) is 3.43. The SMILES string of the molecule is O=C(I)OCC(=O)N1CCC(n2cc(-c3cnc4ccccc4n3)cn2)CC1. The van der Waals surface area contributed by atoms with Gasteiger partial charge in [0.05, 0.1) is 57.8 Å². The number of carbonyl (C=O) groups excluding carboxylic acids is 2. The number of likely N-dealkylation sites (tertiary alicyclic amines) is 1. The smallest absolute Gasteiger partial charge is 0.367 e. The van der Waals surface area contributed by atoms with Crippen molar-refractivity contribution < 1.29 is 14.3 Å². The Morgan fingerprint density at radius 3 is 2.64 bits per heavy atom. The molecular formula is C19H18IN5O3. The zero-order chi connectivity index (χ0) is 19.5. The van der Waals surface area contributed by atoms with Crippen molar-refractivity contribution in [3.05, 3.63) is 42.9 Å². The van der Waals surface area contributed by atoms with E-state index in [1.807, 2.05) is 35.1 Å². The van der Waals surface area contributed by atoms with E-state index in [0.29, 0.717) is 13.1 Å². The Kier molecular flexibility index (Phi) is 5.51. The predicted molar refractivity (Wildman–Crippen MR) is 111 cm³/mol. The molecule has 2 aromatic heterocycles. The first-order chi connectivity index (χ1) is 13.6. The Labute approximate surface area is 175 Å². The number of aromatic nitrogens is 4. The maximum atomic E-state index is 12.0. The fraction of sp³-hybridized carbons (Fsp3) is 0.316. The Hall–Kier alpha value is -2.56. The van der Waals surface area contributed by atoms with Gasteiger partial charge in [-0.15, -0.1) is 0 Å². The van der Waals surface area contributed by atoms with Gasteiger partial charge in [-0.25, -0.2) is 9.78 Å². The number of carbonyl (C=O) groups is 2. The summed E-state index contributed by atoms with van der Waals surface area (Å²) in [7, 11) is 0. The normalized spacial score (nSPS) is 15.0. The van der Waals surface area contributed by atoms with Gasteiger partial charge >= 0.3 is 3.98 Å². The second kappa shape index (κ2) is 8.21. The molecule has 3 heterocycles. The highest BCUT2D eigenvalue weighted by atomic mass is 127. The molecule has 1 aliphatic heterocycles. The summed E-state index contributed by atoms with van der Waals surface area (Å²) in [6.45, 7) is 1.04. The van der Waals surface area contributed by atoms with Crippen LogP contribution in [0.25, 0.3) is 22.3 Å². The minimum Gasteiger partial charge on any atom is -0.448 e. The first-order valence-electron chi connectivity index (χ1n) is 8.96. The van der Waals surface area contributed by atoms with E-state index in [-0.39, 0.29) is 18.6 Å². The molecule has 3 aromatic rings. The molecule has 0 radical (unpaired) electrons. The van der Waals surface area contributed by atoms with Crippen LogP contribution in [0.2, 0.25) is 0 Å². The van der Waals surface area contributed by atoms with Crippen molar-refractivity contribution in [1.29, 1.82) is 0 Å². The van der Waals surface area contributed by atoms with Gasteiger partial charge in [-0.3, -0.25) is 14.5 Å². The van der Waals surface area contributed by atoms with E-state index < -0.39 is 3.98 Å². The van der Waals surface area contributed by atoms with Gasteiger partial charge in [-0.2, -0.15) is 5.10 Å². The first kappa shape index (κ1) is 18.8. The summed E-state index contributed by atoms with van der Waals surface area (Å²) in [5.74, 6) is -0.156. The largest absolute Gasteiger partial charge is 0.448 e. The lowest BCUT2D eigenvalue weighted by atomic mass is 10.1. The molecule has 0 atom stereocenters. The third-order valence-corrected chi connectivity index (χ3v) is 5.16.